The number of nitrogens with zero attached hydrogens (tertiary/aromatic N) is 2. The summed E-state index contributed by atoms with van der Waals surface area (Å²) >= 11 is 0. The van der Waals surface area contributed by atoms with E-state index < -0.39 is 11.5 Å². The fourth-order valence-electron chi connectivity index (χ4n) is 4.49. The molecule has 1 fully saturated rings. The maximum absolute atomic E-state index is 13.3. The Morgan fingerprint density at radius 3 is 2.48 bits per heavy atom. The van der Waals surface area contributed by atoms with Gasteiger partial charge in [-0.25, -0.2) is 0 Å². The molecule has 0 aromatic heterocycles. The van der Waals surface area contributed by atoms with E-state index in [0.717, 1.165) is 17.7 Å². The number of benzene rings is 1. The van der Waals surface area contributed by atoms with Gasteiger partial charge in [-0.1, -0.05) is 31.2 Å². The molecule has 0 aliphatic carbocycles. The smallest absolute Gasteiger partial charge is 0.324 e. The van der Waals surface area contributed by atoms with Crippen LogP contribution >= 0.6 is 0 Å². The largest absolute Gasteiger partial charge is 0.497 e. The summed E-state index contributed by atoms with van der Waals surface area (Å²) in [5, 5.41) is 9.99. The molecule has 6 nitrogen and oxygen atoms in total. The molecule has 1 aromatic carbocycles. The third-order valence-electron chi connectivity index (χ3n) is 6.16. The molecule has 0 unspecified atom stereocenters. The first kappa shape index (κ1) is 19.4. The maximum atomic E-state index is 13.3. The van der Waals surface area contributed by atoms with Crippen molar-refractivity contribution in [3.63, 3.8) is 0 Å². The number of methoxy groups -OCH3 is 1. The van der Waals surface area contributed by atoms with E-state index in [0.29, 0.717) is 25.9 Å². The van der Waals surface area contributed by atoms with E-state index in [1.165, 1.54) is 0 Å². The van der Waals surface area contributed by atoms with Crippen LogP contribution in [0.1, 0.15) is 37.8 Å². The molecule has 1 saturated heterocycles. The average Bonchev–Trinajstić information content (AvgIpc) is 3.01. The van der Waals surface area contributed by atoms with Crippen molar-refractivity contribution in [3.05, 3.63) is 42.0 Å². The van der Waals surface area contributed by atoms with Crippen molar-refractivity contribution < 1.29 is 19.4 Å². The van der Waals surface area contributed by atoms with Gasteiger partial charge in [-0.3, -0.25) is 14.5 Å². The van der Waals surface area contributed by atoms with Crippen molar-refractivity contribution in [2.24, 2.45) is 5.92 Å². The molecule has 27 heavy (non-hydrogen) atoms. The fraction of sp³-hybridized carbons (Fsp3) is 0.524. The molecule has 146 valence electrons. The van der Waals surface area contributed by atoms with E-state index in [-0.39, 0.29) is 17.9 Å². The van der Waals surface area contributed by atoms with Crippen LogP contribution < -0.4 is 4.74 Å². The van der Waals surface area contributed by atoms with E-state index in [1.54, 1.807) is 7.11 Å². The minimum Gasteiger partial charge on any atom is -0.497 e. The van der Waals surface area contributed by atoms with Crippen LogP contribution in [0.25, 0.3) is 0 Å². The number of likely N-dealkylation sites (N-methyl/N-ethyl adjacent to an activating group) is 1. The van der Waals surface area contributed by atoms with E-state index in [2.05, 4.69) is 6.08 Å². The van der Waals surface area contributed by atoms with Crippen LogP contribution in [0.5, 0.6) is 5.75 Å². The van der Waals surface area contributed by atoms with Gasteiger partial charge in [0.1, 0.15) is 11.3 Å². The van der Waals surface area contributed by atoms with Crippen LogP contribution in [0.4, 0.5) is 0 Å². The Bertz CT molecular complexity index is 730. The highest BCUT2D eigenvalue weighted by Gasteiger charge is 2.56. The number of hydrogen-bond acceptors (Lipinski definition) is 4. The first-order valence-corrected chi connectivity index (χ1v) is 9.48. The zero-order chi connectivity index (χ0) is 19.6. The molecule has 2 aliphatic heterocycles. The lowest BCUT2D eigenvalue weighted by Crippen LogP contribution is -2.48. The summed E-state index contributed by atoms with van der Waals surface area (Å²) < 4.78 is 5.24. The van der Waals surface area contributed by atoms with Gasteiger partial charge in [0.2, 0.25) is 5.91 Å². The zero-order valence-electron chi connectivity index (χ0n) is 16.2. The van der Waals surface area contributed by atoms with Gasteiger partial charge in [-0.2, -0.15) is 0 Å². The Morgan fingerprint density at radius 1 is 1.26 bits per heavy atom. The zero-order valence-corrected chi connectivity index (χ0v) is 16.2. The van der Waals surface area contributed by atoms with Crippen molar-refractivity contribution in [2.75, 3.05) is 27.2 Å². The molecule has 2 heterocycles. The molecular weight excluding hydrogens is 344 g/mol. The molecule has 1 amide bonds. The fourth-order valence-corrected chi connectivity index (χ4v) is 4.49. The van der Waals surface area contributed by atoms with Crippen LogP contribution in [0.2, 0.25) is 0 Å². The van der Waals surface area contributed by atoms with Crippen molar-refractivity contribution in [3.8, 4) is 5.75 Å². The number of ether oxygens (including phenoxy) is 1. The number of carbonyl (C=O) groups excluding carboxylic acids is 1. The van der Waals surface area contributed by atoms with Crippen molar-refractivity contribution in [1.82, 2.24) is 9.80 Å². The molecule has 0 bridgehead atoms. The average molecular weight is 372 g/mol. The number of carbonyl (C=O) groups is 2. The van der Waals surface area contributed by atoms with Gasteiger partial charge in [0.05, 0.1) is 13.0 Å². The lowest BCUT2D eigenvalue weighted by molar-refractivity contribution is -0.150. The lowest BCUT2D eigenvalue weighted by Gasteiger charge is -2.34. The summed E-state index contributed by atoms with van der Waals surface area (Å²) in [6.07, 6.45) is 5.71. The minimum absolute atomic E-state index is 0.0450. The summed E-state index contributed by atoms with van der Waals surface area (Å²) in [6, 6.07) is 7.32. The summed E-state index contributed by atoms with van der Waals surface area (Å²) in [4.78, 5) is 29.3. The number of rotatable bonds is 5. The third kappa shape index (κ3) is 3.34. The number of carboxylic acids is 1. The predicted molar refractivity (Wildman–Crippen MR) is 103 cm³/mol. The molecule has 2 aliphatic rings. The van der Waals surface area contributed by atoms with Crippen molar-refractivity contribution in [2.45, 2.75) is 37.8 Å². The van der Waals surface area contributed by atoms with Crippen LogP contribution in [0, 0.1) is 5.92 Å². The topological polar surface area (TPSA) is 70.1 Å². The second-order valence-electron chi connectivity index (χ2n) is 7.37. The number of likely N-dealkylation sites (tertiary alicyclic amines) is 1. The second-order valence-corrected chi connectivity index (χ2v) is 7.37. The highest BCUT2D eigenvalue weighted by molar-refractivity contribution is 5.85. The quantitative estimate of drug-likeness (QED) is 0.805. The normalized spacial score (nSPS) is 28.3. The maximum Gasteiger partial charge on any atom is 0.324 e. The van der Waals surface area contributed by atoms with Gasteiger partial charge in [-0.15, -0.1) is 0 Å². The molecule has 6 heteroatoms. The predicted octanol–water partition coefficient (Wildman–Crippen LogP) is 2.71. The Labute approximate surface area is 160 Å². The number of aliphatic carboxylic acids is 1. The number of amides is 1. The second kappa shape index (κ2) is 7.72. The van der Waals surface area contributed by atoms with Crippen LogP contribution in [-0.4, -0.2) is 59.6 Å². The molecule has 3 atom stereocenters. The molecule has 0 spiro atoms. The van der Waals surface area contributed by atoms with Gasteiger partial charge < -0.3 is 14.7 Å². The van der Waals surface area contributed by atoms with Gasteiger partial charge >= 0.3 is 5.97 Å². The highest BCUT2D eigenvalue weighted by atomic mass is 16.5. The Hall–Kier alpha value is -2.34. The highest BCUT2D eigenvalue weighted by Crippen LogP contribution is 2.48. The van der Waals surface area contributed by atoms with Gasteiger partial charge in [0.15, 0.2) is 0 Å². The van der Waals surface area contributed by atoms with E-state index in [4.69, 9.17) is 4.74 Å². The molecule has 1 aromatic rings. The lowest BCUT2D eigenvalue weighted by atomic mass is 9.86. The van der Waals surface area contributed by atoms with Gasteiger partial charge in [-0.05, 0) is 44.0 Å². The van der Waals surface area contributed by atoms with Crippen LogP contribution in [0.3, 0.4) is 0 Å². The monoisotopic (exact) mass is 372 g/mol. The van der Waals surface area contributed by atoms with E-state index in [9.17, 15) is 14.7 Å². The number of hydrogen-bond donors (Lipinski definition) is 1. The van der Waals surface area contributed by atoms with E-state index >= 15 is 0 Å². The van der Waals surface area contributed by atoms with Crippen LogP contribution in [-0.2, 0) is 9.59 Å². The summed E-state index contributed by atoms with van der Waals surface area (Å²) in [5.74, 6) is -0.460. The standard InChI is InChI=1S/C21H28N2O4/c1-4-21(20(25)26)14-17(19(24)23-12-6-5-7-13-23)18(22(21)2)15-8-10-16(27-3)11-9-15/h5-6,8-11,17-18H,4,7,12-14H2,1-3H3,(H,25,26)/t17-,18-,21-/m1/s1. The molecular formula is C21H28N2O4. The first-order valence-electron chi connectivity index (χ1n) is 9.48. The molecule has 0 radical (unpaired) electrons. The number of carboxylic acid groups (broad SMARTS) is 1. The summed E-state index contributed by atoms with van der Waals surface area (Å²) in [5.41, 5.74) is -0.0860. The SMILES string of the molecule is CC[C@]1(C(=O)O)C[C@@H](C(=O)N2CC=CCC2)[C@@H](c2ccc(OC)cc2)N1C. The van der Waals surface area contributed by atoms with Gasteiger partial charge in [0.25, 0.3) is 0 Å². The first-order chi connectivity index (χ1) is 12.9. The minimum atomic E-state index is -1.03. The Balaban J connectivity index is 1.99. The molecule has 3 rings (SSSR count). The summed E-state index contributed by atoms with van der Waals surface area (Å²) in [6.45, 7) is 3.17. The third-order valence-corrected chi connectivity index (χ3v) is 6.16. The van der Waals surface area contributed by atoms with E-state index in [1.807, 2.05) is 54.1 Å². The van der Waals surface area contributed by atoms with Crippen LogP contribution in [0.15, 0.2) is 36.4 Å². The van der Waals surface area contributed by atoms with Crippen molar-refractivity contribution >= 4 is 11.9 Å². The Morgan fingerprint density at radius 2 is 1.96 bits per heavy atom. The van der Waals surface area contributed by atoms with Crippen molar-refractivity contribution in [1.29, 1.82) is 0 Å². The Kier molecular flexibility index (Phi) is 5.56. The molecule has 0 saturated carbocycles. The summed E-state index contributed by atoms with van der Waals surface area (Å²) in [7, 11) is 3.44. The molecule has 1 N–H and O–H groups in total. The van der Waals surface area contributed by atoms with Gasteiger partial charge in [0, 0.05) is 19.1 Å².